The second kappa shape index (κ2) is 4.84. The Morgan fingerprint density at radius 2 is 2.08 bits per heavy atom. The summed E-state index contributed by atoms with van der Waals surface area (Å²) in [6.45, 7) is 2.60. The first-order valence-corrected chi connectivity index (χ1v) is 4.38. The molecule has 0 heterocycles. The molecule has 1 rings (SSSR count). The zero-order valence-electron chi connectivity index (χ0n) is 7.70. The minimum absolute atomic E-state index is 0.0633. The van der Waals surface area contributed by atoms with Crippen molar-refractivity contribution >= 4 is 0 Å². The standard InChI is InChI=1S/C10H15NO2/c1-8(11-6-7-12)9-4-2-3-5-10(9)13/h2-5,8,11-13H,6-7H2,1H3/t8-/m0/s1. The molecule has 0 bridgehead atoms. The number of aromatic hydroxyl groups is 1. The Morgan fingerprint density at radius 3 is 2.69 bits per heavy atom. The van der Waals surface area contributed by atoms with Gasteiger partial charge in [-0.25, -0.2) is 0 Å². The molecule has 0 radical (unpaired) electrons. The number of phenols is 1. The van der Waals surface area contributed by atoms with Crippen molar-refractivity contribution in [2.24, 2.45) is 0 Å². The smallest absolute Gasteiger partial charge is 0.120 e. The third kappa shape index (κ3) is 2.72. The number of benzene rings is 1. The highest BCUT2D eigenvalue weighted by atomic mass is 16.3. The molecule has 0 aromatic heterocycles. The number of nitrogens with one attached hydrogen (secondary N) is 1. The van der Waals surface area contributed by atoms with Gasteiger partial charge in [-0.15, -0.1) is 0 Å². The molecule has 0 spiro atoms. The zero-order valence-corrected chi connectivity index (χ0v) is 7.70. The van der Waals surface area contributed by atoms with E-state index >= 15 is 0 Å². The fourth-order valence-corrected chi connectivity index (χ4v) is 1.24. The predicted octanol–water partition coefficient (Wildman–Crippen LogP) is 1.04. The Balaban J connectivity index is 2.65. The molecule has 1 aromatic carbocycles. The summed E-state index contributed by atoms with van der Waals surface area (Å²) in [7, 11) is 0. The minimum atomic E-state index is 0.0633. The van der Waals surface area contributed by atoms with Gasteiger partial charge in [0, 0.05) is 18.2 Å². The highest BCUT2D eigenvalue weighted by Crippen LogP contribution is 2.22. The van der Waals surface area contributed by atoms with Gasteiger partial charge in [0.1, 0.15) is 5.75 Å². The van der Waals surface area contributed by atoms with Gasteiger partial charge in [-0.05, 0) is 13.0 Å². The lowest BCUT2D eigenvalue weighted by Crippen LogP contribution is -2.22. The van der Waals surface area contributed by atoms with Gasteiger partial charge in [0.15, 0.2) is 0 Å². The van der Waals surface area contributed by atoms with Gasteiger partial charge in [-0.2, -0.15) is 0 Å². The van der Waals surface area contributed by atoms with Gasteiger partial charge in [0.25, 0.3) is 0 Å². The molecule has 0 unspecified atom stereocenters. The third-order valence-electron chi connectivity index (χ3n) is 1.97. The molecule has 1 aromatic rings. The summed E-state index contributed by atoms with van der Waals surface area (Å²) in [5.41, 5.74) is 0.857. The average molecular weight is 181 g/mol. The van der Waals surface area contributed by atoms with E-state index in [0.29, 0.717) is 12.3 Å². The first-order valence-electron chi connectivity index (χ1n) is 4.38. The van der Waals surface area contributed by atoms with Crippen LogP contribution in [0.25, 0.3) is 0 Å². The molecule has 72 valence electrons. The highest BCUT2D eigenvalue weighted by Gasteiger charge is 2.07. The second-order valence-electron chi connectivity index (χ2n) is 2.96. The number of hydrogen-bond acceptors (Lipinski definition) is 3. The predicted molar refractivity (Wildman–Crippen MR) is 51.6 cm³/mol. The molecule has 3 N–H and O–H groups in total. The van der Waals surface area contributed by atoms with Gasteiger partial charge in [0.05, 0.1) is 6.61 Å². The molecule has 13 heavy (non-hydrogen) atoms. The van der Waals surface area contributed by atoms with Gasteiger partial charge in [-0.1, -0.05) is 18.2 Å². The van der Waals surface area contributed by atoms with Crippen molar-refractivity contribution in [2.45, 2.75) is 13.0 Å². The van der Waals surface area contributed by atoms with E-state index in [9.17, 15) is 5.11 Å². The van der Waals surface area contributed by atoms with Crippen LogP contribution in [0.1, 0.15) is 18.5 Å². The quantitative estimate of drug-likeness (QED) is 0.650. The Bertz CT molecular complexity index is 263. The average Bonchev–Trinajstić information content (AvgIpc) is 2.15. The molecule has 0 aliphatic carbocycles. The van der Waals surface area contributed by atoms with Crippen molar-refractivity contribution in [2.75, 3.05) is 13.2 Å². The van der Waals surface area contributed by atoms with Crippen LogP contribution in [0.3, 0.4) is 0 Å². The maximum absolute atomic E-state index is 9.48. The largest absolute Gasteiger partial charge is 0.508 e. The van der Waals surface area contributed by atoms with Crippen molar-refractivity contribution < 1.29 is 10.2 Å². The van der Waals surface area contributed by atoms with E-state index in [1.807, 2.05) is 19.1 Å². The monoisotopic (exact) mass is 181 g/mol. The molecule has 0 fully saturated rings. The molecule has 0 aliphatic heterocycles. The normalized spacial score (nSPS) is 12.8. The lowest BCUT2D eigenvalue weighted by molar-refractivity contribution is 0.285. The van der Waals surface area contributed by atoms with E-state index in [1.165, 1.54) is 0 Å². The first kappa shape index (κ1) is 10.0. The summed E-state index contributed by atoms with van der Waals surface area (Å²) in [6, 6.07) is 7.26. The fraction of sp³-hybridized carbons (Fsp3) is 0.400. The van der Waals surface area contributed by atoms with E-state index < -0.39 is 0 Å². The van der Waals surface area contributed by atoms with Gasteiger partial charge in [-0.3, -0.25) is 0 Å². The van der Waals surface area contributed by atoms with Crippen LogP contribution in [0.5, 0.6) is 5.75 Å². The van der Waals surface area contributed by atoms with Crippen LogP contribution in [0.4, 0.5) is 0 Å². The van der Waals surface area contributed by atoms with Crippen molar-refractivity contribution in [3.05, 3.63) is 29.8 Å². The number of aliphatic hydroxyl groups is 1. The van der Waals surface area contributed by atoms with Crippen molar-refractivity contribution in [3.8, 4) is 5.75 Å². The minimum Gasteiger partial charge on any atom is -0.508 e. The van der Waals surface area contributed by atoms with E-state index in [-0.39, 0.29) is 12.6 Å². The van der Waals surface area contributed by atoms with Gasteiger partial charge >= 0.3 is 0 Å². The molecule has 0 aliphatic rings. The van der Waals surface area contributed by atoms with Crippen LogP contribution < -0.4 is 5.32 Å². The molecule has 1 atom stereocenters. The van der Waals surface area contributed by atoms with Crippen molar-refractivity contribution in [1.29, 1.82) is 0 Å². The Kier molecular flexibility index (Phi) is 3.73. The van der Waals surface area contributed by atoms with Crippen LogP contribution in [0.2, 0.25) is 0 Å². The number of hydrogen-bond donors (Lipinski definition) is 3. The van der Waals surface area contributed by atoms with Crippen molar-refractivity contribution in [1.82, 2.24) is 5.32 Å². The Hall–Kier alpha value is -1.06. The van der Waals surface area contributed by atoms with E-state index in [2.05, 4.69) is 5.32 Å². The van der Waals surface area contributed by atoms with Crippen LogP contribution in [-0.4, -0.2) is 23.4 Å². The lowest BCUT2D eigenvalue weighted by atomic mass is 10.1. The van der Waals surface area contributed by atoms with Gasteiger partial charge in [0.2, 0.25) is 0 Å². The van der Waals surface area contributed by atoms with E-state index in [0.717, 1.165) is 5.56 Å². The Labute approximate surface area is 78.0 Å². The molecule has 0 saturated heterocycles. The summed E-state index contributed by atoms with van der Waals surface area (Å²) in [6.07, 6.45) is 0. The summed E-state index contributed by atoms with van der Waals surface area (Å²) in [5.74, 6) is 0.292. The maximum Gasteiger partial charge on any atom is 0.120 e. The number of para-hydroxylation sites is 1. The lowest BCUT2D eigenvalue weighted by Gasteiger charge is -2.14. The van der Waals surface area contributed by atoms with Crippen molar-refractivity contribution in [3.63, 3.8) is 0 Å². The van der Waals surface area contributed by atoms with E-state index in [1.54, 1.807) is 12.1 Å². The van der Waals surface area contributed by atoms with Gasteiger partial charge < -0.3 is 15.5 Å². The molecular weight excluding hydrogens is 166 g/mol. The second-order valence-corrected chi connectivity index (χ2v) is 2.96. The molecule has 3 nitrogen and oxygen atoms in total. The topological polar surface area (TPSA) is 52.5 Å². The molecule has 0 saturated carbocycles. The third-order valence-corrected chi connectivity index (χ3v) is 1.97. The number of aliphatic hydroxyl groups excluding tert-OH is 1. The highest BCUT2D eigenvalue weighted by molar-refractivity contribution is 5.33. The summed E-state index contributed by atoms with van der Waals surface area (Å²) < 4.78 is 0. The molecule has 0 amide bonds. The van der Waals surface area contributed by atoms with E-state index in [4.69, 9.17) is 5.11 Å². The van der Waals surface area contributed by atoms with Crippen LogP contribution in [0.15, 0.2) is 24.3 Å². The summed E-state index contributed by atoms with van der Waals surface area (Å²) >= 11 is 0. The SMILES string of the molecule is C[C@H](NCCO)c1ccccc1O. The maximum atomic E-state index is 9.48. The summed E-state index contributed by atoms with van der Waals surface area (Å²) in [4.78, 5) is 0. The van der Waals surface area contributed by atoms with Crippen LogP contribution in [0, 0.1) is 0 Å². The zero-order chi connectivity index (χ0) is 9.68. The number of rotatable bonds is 4. The summed E-state index contributed by atoms with van der Waals surface area (Å²) in [5, 5.41) is 21.2. The molecular formula is C10H15NO2. The van der Waals surface area contributed by atoms with Crippen LogP contribution in [-0.2, 0) is 0 Å². The molecule has 3 heteroatoms. The fourth-order valence-electron chi connectivity index (χ4n) is 1.24. The van der Waals surface area contributed by atoms with Crippen LogP contribution >= 0.6 is 0 Å². The first-order chi connectivity index (χ1) is 6.25. The number of phenolic OH excluding ortho intramolecular Hbond substituents is 1. The Morgan fingerprint density at radius 1 is 1.38 bits per heavy atom.